The summed E-state index contributed by atoms with van der Waals surface area (Å²) in [6, 6.07) is 8.46. The van der Waals surface area contributed by atoms with Crippen LogP contribution >= 0.6 is 11.8 Å². The molecule has 0 bridgehead atoms. The smallest absolute Gasteiger partial charge is 0.0880 e. The largest absolute Gasteiger partial charge is 0.388 e. The normalized spacial score (nSPS) is 18.7. The van der Waals surface area contributed by atoms with Gasteiger partial charge in [0.05, 0.1) is 6.10 Å². The number of hydrogen-bond donors (Lipinski definition) is 1. The summed E-state index contributed by atoms with van der Waals surface area (Å²) in [4.78, 5) is 0. The second-order valence-electron chi connectivity index (χ2n) is 5.93. The zero-order chi connectivity index (χ0) is 13.7. The van der Waals surface area contributed by atoms with Crippen molar-refractivity contribution in [3.05, 3.63) is 35.4 Å². The highest BCUT2D eigenvalue weighted by atomic mass is 32.2. The van der Waals surface area contributed by atoms with Gasteiger partial charge in [0, 0.05) is 11.0 Å². The third-order valence-electron chi connectivity index (χ3n) is 4.03. The van der Waals surface area contributed by atoms with Gasteiger partial charge in [-0.3, -0.25) is 0 Å². The summed E-state index contributed by atoms with van der Waals surface area (Å²) in [5, 5.41) is 11.0. The van der Waals surface area contributed by atoms with Crippen LogP contribution in [0.25, 0.3) is 0 Å². The van der Waals surface area contributed by atoms with Gasteiger partial charge in [0.25, 0.3) is 0 Å². The summed E-state index contributed by atoms with van der Waals surface area (Å²) in [5.41, 5.74) is 2.41. The Labute approximate surface area is 121 Å². The van der Waals surface area contributed by atoms with E-state index in [4.69, 9.17) is 0 Å². The predicted molar refractivity (Wildman–Crippen MR) is 84.8 cm³/mol. The first-order chi connectivity index (χ1) is 9.16. The van der Waals surface area contributed by atoms with E-state index in [1.54, 1.807) is 0 Å². The summed E-state index contributed by atoms with van der Waals surface area (Å²) in [5.74, 6) is 1.40. The topological polar surface area (TPSA) is 20.2 Å². The minimum atomic E-state index is -0.312. The molecule has 1 atom stereocenters. The van der Waals surface area contributed by atoms with Gasteiger partial charge >= 0.3 is 0 Å². The molecule has 0 spiro atoms. The number of aliphatic hydroxyl groups is 1. The van der Waals surface area contributed by atoms with Crippen molar-refractivity contribution in [2.24, 2.45) is 0 Å². The van der Waals surface area contributed by atoms with Crippen molar-refractivity contribution >= 4 is 11.8 Å². The molecular formula is C17H26OS. The number of benzene rings is 1. The number of aliphatic hydroxyl groups excluding tert-OH is 1. The van der Waals surface area contributed by atoms with Gasteiger partial charge in [-0.1, -0.05) is 57.4 Å². The van der Waals surface area contributed by atoms with Crippen LogP contribution in [0.4, 0.5) is 0 Å². The van der Waals surface area contributed by atoms with Gasteiger partial charge < -0.3 is 5.11 Å². The quantitative estimate of drug-likeness (QED) is 0.826. The maximum atomic E-state index is 10.3. The second kappa shape index (κ2) is 7.35. The zero-order valence-electron chi connectivity index (χ0n) is 12.1. The number of thioether (sulfide) groups is 1. The van der Waals surface area contributed by atoms with Crippen molar-refractivity contribution in [2.45, 2.75) is 63.2 Å². The summed E-state index contributed by atoms with van der Waals surface area (Å²) >= 11 is 1.96. The molecule has 0 aromatic heterocycles. The highest BCUT2D eigenvalue weighted by Crippen LogP contribution is 2.31. The Bertz CT molecular complexity index is 365. The van der Waals surface area contributed by atoms with E-state index < -0.39 is 0 Å². The van der Waals surface area contributed by atoms with Crippen LogP contribution in [0.2, 0.25) is 0 Å². The molecule has 0 aliphatic heterocycles. The van der Waals surface area contributed by atoms with Gasteiger partial charge in [-0.25, -0.2) is 0 Å². The number of rotatable bonds is 5. The molecule has 1 aromatic carbocycles. The fourth-order valence-electron chi connectivity index (χ4n) is 2.66. The lowest BCUT2D eigenvalue weighted by atomic mass is 10.0. The average molecular weight is 278 g/mol. The van der Waals surface area contributed by atoms with E-state index in [-0.39, 0.29) is 6.10 Å². The van der Waals surface area contributed by atoms with E-state index in [0.717, 1.165) is 16.6 Å². The Morgan fingerprint density at radius 3 is 2.21 bits per heavy atom. The summed E-state index contributed by atoms with van der Waals surface area (Å²) < 4.78 is 0. The Morgan fingerprint density at radius 1 is 1.05 bits per heavy atom. The molecule has 106 valence electrons. The molecule has 1 aromatic rings. The van der Waals surface area contributed by atoms with Crippen molar-refractivity contribution in [3.63, 3.8) is 0 Å². The molecular weight excluding hydrogens is 252 g/mol. The molecule has 1 aliphatic rings. The fraction of sp³-hybridized carbons (Fsp3) is 0.647. The lowest BCUT2D eigenvalue weighted by molar-refractivity contribution is 0.204. The molecule has 0 saturated heterocycles. The van der Waals surface area contributed by atoms with Crippen LogP contribution in [-0.2, 0) is 0 Å². The molecule has 2 heteroatoms. The first-order valence-electron chi connectivity index (χ1n) is 7.56. The molecule has 1 aliphatic carbocycles. The standard InChI is InChI=1S/C17H26OS/c1-13(2)14-8-10-15(11-9-14)17(18)12-19-16-6-4-3-5-7-16/h8-11,13,16-18H,3-7,12H2,1-2H3. The Hall–Kier alpha value is -0.470. The Kier molecular flexibility index (Phi) is 5.77. The second-order valence-corrected chi connectivity index (χ2v) is 7.26. The summed E-state index contributed by atoms with van der Waals surface area (Å²) in [6.45, 7) is 4.40. The van der Waals surface area contributed by atoms with E-state index in [1.165, 1.54) is 37.7 Å². The lowest BCUT2D eigenvalue weighted by Crippen LogP contribution is -2.11. The van der Waals surface area contributed by atoms with Gasteiger partial charge in [-0.2, -0.15) is 11.8 Å². The van der Waals surface area contributed by atoms with Gasteiger partial charge in [-0.05, 0) is 29.9 Å². The molecule has 1 saturated carbocycles. The molecule has 0 radical (unpaired) electrons. The van der Waals surface area contributed by atoms with Gasteiger partial charge in [0.15, 0.2) is 0 Å². The Morgan fingerprint density at radius 2 is 1.63 bits per heavy atom. The summed E-state index contributed by atoms with van der Waals surface area (Å²) in [7, 11) is 0. The van der Waals surface area contributed by atoms with Crippen molar-refractivity contribution in [3.8, 4) is 0 Å². The maximum absolute atomic E-state index is 10.3. The van der Waals surface area contributed by atoms with Crippen molar-refractivity contribution in [2.75, 3.05) is 5.75 Å². The fourth-order valence-corrected chi connectivity index (χ4v) is 3.97. The molecule has 2 rings (SSSR count). The molecule has 1 N–H and O–H groups in total. The average Bonchev–Trinajstić information content (AvgIpc) is 2.46. The van der Waals surface area contributed by atoms with Crippen LogP contribution in [0.1, 0.15) is 69.1 Å². The van der Waals surface area contributed by atoms with Crippen LogP contribution in [0, 0.1) is 0 Å². The van der Waals surface area contributed by atoms with Crippen LogP contribution in [0.3, 0.4) is 0 Å². The molecule has 1 unspecified atom stereocenters. The van der Waals surface area contributed by atoms with Crippen molar-refractivity contribution in [1.29, 1.82) is 0 Å². The minimum Gasteiger partial charge on any atom is -0.388 e. The van der Waals surface area contributed by atoms with Crippen molar-refractivity contribution in [1.82, 2.24) is 0 Å². The molecule has 0 heterocycles. The molecule has 1 fully saturated rings. The highest BCUT2D eigenvalue weighted by Gasteiger charge is 2.16. The zero-order valence-corrected chi connectivity index (χ0v) is 13.0. The van der Waals surface area contributed by atoms with Crippen LogP contribution in [0.15, 0.2) is 24.3 Å². The van der Waals surface area contributed by atoms with Crippen LogP contribution < -0.4 is 0 Å². The minimum absolute atomic E-state index is 0.312. The van der Waals surface area contributed by atoms with E-state index in [0.29, 0.717) is 5.92 Å². The highest BCUT2D eigenvalue weighted by molar-refractivity contribution is 7.99. The first kappa shape index (κ1) is 14.9. The molecule has 1 nitrogen and oxygen atoms in total. The monoisotopic (exact) mass is 278 g/mol. The van der Waals surface area contributed by atoms with E-state index in [1.807, 2.05) is 11.8 Å². The first-order valence-corrected chi connectivity index (χ1v) is 8.61. The van der Waals surface area contributed by atoms with E-state index in [9.17, 15) is 5.11 Å². The maximum Gasteiger partial charge on any atom is 0.0880 e. The van der Waals surface area contributed by atoms with Gasteiger partial charge in [-0.15, -0.1) is 0 Å². The number of hydrogen-bond acceptors (Lipinski definition) is 2. The van der Waals surface area contributed by atoms with E-state index in [2.05, 4.69) is 38.1 Å². The van der Waals surface area contributed by atoms with Crippen LogP contribution in [0.5, 0.6) is 0 Å². The molecule has 0 amide bonds. The predicted octanol–water partition coefficient (Wildman–Crippen LogP) is 4.91. The van der Waals surface area contributed by atoms with E-state index >= 15 is 0 Å². The third kappa shape index (κ3) is 4.54. The van der Waals surface area contributed by atoms with Gasteiger partial charge in [0.1, 0.15) is 0 Å². The SMILES string of the molecule is CC(C)c1ccc(C(O)CSC2CCCCC2)cc1. The lowest BCUT2D eigenvalue weighted by Gasteiger charge is -2.22. The Balaban J connectivity index is 1.83. The van der Waals surface area contributed by atoms with Crippen LogP contribution in [-0.4, -0.2) is 16.1 Å². The van der Waals surface area contributed by atoms with Crippen molar-refractivity contribution < 1.29 is 5.11 Å². The summed E-state index contributed by atoms with van der Waals surface area (Å²) in [6.07, 6.45) is 6.50. The third-order valence-corrected chi connectivity index (χ3v) is 5.48. The molecule has 19 heavy (non-hydrogen) atoms. The van der Waals surface area contributed by atoms with Gasteiger partial charge in [0.2, 0.25) is 0 Å².